The van der Waals surface area contributed by atoms with Gasteiger partial charge in [0.25, 0.3) is 0 Å². The van der Waals surface area contributed by atoms with Crippen LogP contribution in [-0.2, 0) is 0 Å². The Balaban J connectivity index is 1.93. The third kappa shape index (κ3) is 7.63. The Morgan fingerprint density at radius 3 is 2.59 bits per heavy atom. The molecule has 1 fully saturated rings. The van der Waals surface area contributed by atoms with Crippen LogP contribution in [0.4, 0.5) is 13.2 Å². The number of nitrogens with one attached hydrogen (secondary N) is 1. The first-order chi connectivity index (χ1) is 7.97. The van der Waals surface area contributed by atoms with E-state index in [2.05, 4.69) is 12.2 Å². The van der Waals surface area contributed by atoms with E-state index in [1.807, 2.05) is 0 Å². The molecule has 0 radical (unpaired) electrons. The first-order valence-electron chi connectivity index (χ1n) is 6.75. The van der Waals surface area contributed by atoms with Crippen LogP contribution < -0.4 is 5.32 Å². The topological polar surface area (TPSA) is 12.0 Å². The molecule has 1 aliphatic rings. The highest BCUT2D eigenvalue weighted by Gasteiger charge is 2.25. The molecular formula is C13H24F3N. The zero-order chi connectivity index (χ0) is 12.7. The van der Waals surface area contributed by atoms with Crippen molar-refractivity contribution in [3.05, 3.63) is 0 Å². The largest absolute Gasteiger partial charge is 0.389 e. The highest BCUT2D eigenvalue weighted by molar-refractivity contribution is 4.71. The minimum Gasteiger partial charge on any atom is -0.317 e. The van der Waals surface area contributed by atoms with Gasteiger partial charge in [-0.2, -0.15) is 13.2 Å². The summed E-state index contributed by atoms with van der Waals surface area (Å²) in [6.07, 6.45) is 1.91. The molecule has 2 atom stereocenters. The van der Waals surface area contributed by atoms with Gasteiger partial charge < -0.3 is 5.32 Å². The first-order valence-corrected chi connectivity index (χ1v) is 6.75. The highest BCUT2D eigenvalue weighted by Crippen LogP contribution is 2.30. The van der Waals surface area contributed by atoms with Crippen molar-refractivity contribution in [3.8, 4) is 0 Å². The van der Waals surface area contributed by atoms with E-state index in [1.54, 1.807) is 0 Å². The summed E-state index contributed by atoms with van der Waals surface area (Å²) in [5.41, 5.74) is 0. The van der Waals surface area contributed by atoms with Crippen molar-refractivity contribution in [2.75, 3.05) is 13.1 Å². The number of hydrogen-bond acceptors (Lipinski definition) is 1. The van der Waals surface area contributed by atoms with Crippen LogP contribution in [-0.4, -0.2) is 19.3 Å². The van der Waals surface area contributed by atoms with Crippen LogP contribution in [0.5, 0.6) is 0 Å². The smallest absolute Gasteiger partial charge is 0.317 e. The lowest BCUT2D eigenvalue weighted by Crippen LogP contribution is -2.23. The summed E-state index contributed by atoms with van der Waals surface area (Å²) in [5, 5.41) is 3.12. The van der Waals surface area contributed by atoms with Crippen molar-refractivity contribution in [2.24, 2.45) is 11.8 Å². The second-order valence-corrected chi connectivity index (χ2v) is 5.40. The van der Waals surface area contributed by atoms with Crippen LogP contribution in [0.3, 0.4) is 0 Å². The van der Waals surface area contributed by atoms with Crippen molar-refractivity contribution in [2.45, 2.75) is 58.0 Å². The molecule has 0 spiro atoms. The van der Waals surface area contributed by atoms with Crippen LogP contribution in [0.2, 0.25) is 0 Å². The van der Waals surface area contributed by atoms with Crippen molar-refractivity contribution in [1.29, 1.82) is 0 Å². The molecule has 17 heavy (non-hydrogen) atoms. The standard InChI is InChI=1S/C13H24F3N/c1-11-4-2-5-12(10-11)6-9-17-8-3-7-13(14,15)16/h11-12,17H,2-10H2,1H3. The fourth-order valence-corrected chi connectivity index (χ4v) is 2.67. The molecule has 0 aromatic rings. The number of rotatable bonds is 6. The highest BCUT2D eigenvalue weighted by atomic mass is 19.4. The molecule has 102 valence electrons. The summed E-state index contributed by atoms with van der Waals surface area (Å²) < 4.78 is 35.6. The molecule has 0 amide bonds. The first kappa shape index (κ1) is 14.8. The van der Waals surface area contributed by atoms with Gasteiger partial charge in [0.1, 0.15) is 0 Å². The Hall–Kier alpha value is -0.250. The van der Waals surface area contributed by atoms with Crippen molar-refractivity contribution >= 4 is 0 Å². The molecule has 0 bridgehead atoms. The fourth-order valence-electron chi connectivity index (χ4n) is 2.67. The SMILES string of the molecule is CC1CCCC(CCNCCCC(F)(F)F)C1. The molecule has 0 aromatic carbocycles. The van der Waals surface area contributed by atoms with E-state index in [0.717, 1.165) is 24.8 Å². The van der Waals surface area contributed by atoms with Crippen LogP contribution >= 0.6 is 0 Å². The number of alkyl halides is 3. The summed E-state index contributed by atoms with van der Waals surface area (Å²) in [5.74, 6) is 1.62. The Labute approximate surface area is 102 Å². The van der Waals surface area contributed by atoms with E-state index in [1.165, 1.54) is 25.7 Å². The summed E-state index contributed by atoms with van der Waals surface area (Å²) in [4.78, 5) is 0. The summed E-state index contributed by atoms with van der Waals surface area (Å²) in [7, 11) is 0. The van der Waals surface area contributed by atoms with Crippen LogP contribution in [0.25, 0.3) is 0 Å². The minimum absolute atomic E-state index is 0.199. The molecule has 1 aliphatic carbocycles. The lowest BCUT2D eigenvalue weighted by atomic mass is 9.81. The summed E-state index contributed by atoms with van der Waals surface area (Å²) in [6, 6.07) is 0. The molecule has 1 nitrogen and oxygen atoms in total. The Morgan fingerprint density at radius 1 is 1.18 bits per heavy atom. The van der Waals surface area contributed by atoms with Crippen LogP contribution in [0.1, 0.15) is 51.9 Å². The molecule has 1 N–H and O–H groups in total. The number of halogens is 3. The molecule has 1 saturated carbocycles. The predicted molar refractivity (Wildman–Crippen MR) is 63.9 cm³/mol. The number of hydrogen-bond donors (Lipinski definition) is 1. The average Bonchev–Trinajstić information content (AvgIpc) is 2.22. The van der Waals surface area contributed by atoms with Gasteiger partial charge in [0.15, 0.2) is 0 Å². The maximum absolute atomic E-state index is 11.9. The average molecular weight is 251 g/mol. The Morgan fingerprint density at radius 2 is 1.94 bits per heavy atom. The van der Waals surface area contributed by atoms with E-state index in [-0.39, 0.29) is 6.42 Å². The summed E-state index contributed by atoms with van der Waals surface area (Å²) in [6.45, 7) is 3.65. The third-order valence-electron chi connectivity index (χ3n) is 3.59. The van der Waals surface area contributed by atoms with Gasteiger partial charge in [-0.15, -0.1) is 0 Å². The monoisotopic (exact) mass is 251 g/mol. The van der Waals surface area contributed by atoms with Gasteiger partial charge in [-0.1, -0.05) is 26.2 Å². The molecule has 2 unspecified atom stereocenters. The van der Waals surface area contributed by atoms with E-state index in [4.69, 9.17) is 0 Å². The zero-order valence-corrected chi connectivity index (χ0v) is 10.7. The van der Waals surface area contributed by atoms with Crippen molar-refractivity contribution < 1.29 is 13.2 Å². The predicted octanol–water partition coefficient (Wildman–Crippen LogP) is 4.13. The van der Waals surface area contributed by atoms with Crippen molar-refractivity contribution in [1.82, 2.24) is 5.32 Å². The summed E-state index contributed by atoms with van der Waals surface area (Å²) >= 11 is 0. The van der Waals surface area contributed by atoms with Gasteiger partial charge in [0.05, 0.1) is 0 Å². The molecule has 0 aliphatic heterocycles. The lowest BCUT2D eigenvalue weighted by Gasteiger charge is -2.26. The molecular weight excluding hydrogens is 227 g/mol. The quantitative estimate of drug-likeness (QED) is 0.700. The Bertz CT molecular complexity index is 203. The minimum atomic E-state index is -4.00. The van der Waals surface area contributed by atoms with Gasteiger partial charge in [-0.05, 0) is 44.2 Å². The molecule has 0 saturated heterocycles. The molecule has 0 aromatic heterocycles. The van der Waals surface area contributed by atoms with E-state index >= 15 is 0 Å². The second-order valence-electron chi connectivity index (χ2n) is 5.40. The van der Waals surface area contributed by atoms with Gasteiger partial charge in [-0.25, -0.2) is 0 Å². The normalized spacial score (nSPS) is 26.1. The maximum atomic E-state index is 11.9. The second kappa shape index (κ2) is 7.24. The Kier molecular flexibility index (Phi) is 6.31. The van der Waals surface area contributed by atoms with E-state index in [9.17, 15) is 13.2 Å². The van der Waals surface area contributed by atoms with Gasteiger partial charge in [0.2, 0.25) is 0 Å². The van der Waals surface area contributed by atoms with Crippen LogP contribution in [0, 0.1) is 11.8 Å². The molecule has 1 rings (SSSR count). The van der Waals surface area contributed by atoms with Crippen molar-refractivity contribution in [3.63, 3.8) is 0 Å². The molecule has 4 heteroatoms. The lowest BCUT2D eigenvalue weighted by molar-refractivity contribution is -0.135. The van der Waals surface area contributed by atoms with Gasteiger partial charge in [0, 0.05) is 6.42 Å². The van der Waals surface area contributed by atoms with Crippen LogP contribution in [0.15, 0.2) is 0 Å². The molecule has 0 heterocycles. The van der Waals surface area contributed by atoms with Gasteiger partial charge >= 0.3 is 6.18 Å². The maximum Gasteiger partial charge on any atom is 0.389 e. The van der Waals surface area contributed by atoms with Gasteiger partial charge in [-0.3, -0.25) is 0 Å². The third-order valence-corrected chi connectivity index (χ3v) is 3.59. The fraction of sp³-hybridized carbons (Fsp3) is 1.00. The zero-order valence-electron chi connectivity index (χ0n) is 10.7. The van der Waals surface area contributed by atoms with E-state index < -0.39 is 12.6 Å². The van der Waals surface area contributed by atoms with E-state index in [0.29, 0.717) is 6.54 Å².